The van der Waals surface area contributed by atoms with Gasteiger partial charge in [0.15, 0.2) is 17.0 Å². The summed E-state index contributed by atoms with van der Waals surface area (Å²) < 4.78 is 13.6. The van der Waals surface area contributed by atoms with E-state index in [9.17, 15) is 15.0 Å². The molecular formula is C33H40N4O5S. The Kier molecular flexibility index (Phi) is 6.50. The van der Waals surface area contributed by atoms with Gasteiger partial charge in [-0.2, -0.15) is 10.1 Å². The van der Waals surface area contributed by atoms with Crippen LogP contribution in [0.1, 0.15) is 76.1 Å². The summed E-state index contributed by atoms with van der Waals surface area (Å²) in [4.78, 5) is 22.4. The van der Waals surface area contributed by atoms with Gasteiger partial charge in [0.2, 0.25) is 0 Å². The lowest BCUT2D eigenvalue weighted by Crippen LogP contribution is -2.62. The van der Waals surface area contributed by atoms with Crippen LogP contribution in [0.2, 0.25) is 0 Å². The van der Waals surface area contributed by atoms with Crippen molar-refractivity contribution in [3.63, 3.8) is 0 Å². The number of thioether (sulfide) groups is 1. The Morgan fingerprint density at radius 2 is 2.05 bits per heavy atom. The van der Waals surface area contributed by atoms with Crippen molar-refractivity contribution in [2.45, 2.75) is 88.2 Å². The highest BCUT2D eigenvalue weighted by Gasteiger charge is 2.68. The summed E-state index contributed by atoms with van der Waals surface area (Å²) in [7, 11) is 0. The lowest BCUT2D eigenvalue weighted by molar-refractivity contribution is -0.177. The smallest absolute Gasteiger partial charge is 0.258 e. The van der Waals surface area contributed by atoms with Crippen LogP contribution in [0, 0.1) is 28.6 Å². The van der Waals surface area contributed by atoms with Crippen LogP contribution in [-0.4, -0.2) is 66.4 Å². The average molecular weight is 605 g/mol. The Balaban J connectivity index is 1.04. The number of allylic oxidation sites excluding steroid dienone is 1. The zero-order valence-corrected chi connectivity index (χ0v) is 25.7. The van der Waals surface area contributed by atoms with Gasteiger partial charge >= 0.3 is 0 Å². The van der Waals surface area contributed by atoms with Crippen LogP contribution < -0.4 is 0 Å². The molecule has 8 rings (SSSR count). The maximum Gasteiger partial charge on any atom is 0.258 e. The van der Waals surface area contributed by atoms with Gasteiger partial charge in [-0.05, 0) is 98.3 Å². The van der Waals surface area contributed by atoms with E-state index in [2.05, 4.69) is 34.6 Å². The van der Waals surface area contributed by atoms with Crippen LogP contribution in [0.4, 0.5) is 0 Å². The van der Waals surface area contributed by atoms with Crippen molar-refractivity contribution >= 4 is 34.9 Å². The fraction of sp³-hybridized carbons (Fsp3) is 0.636. The van der Waals surface area contributed by atoms with Crippen molar-refractivity contribution < 1.29 is 24.2 Å². The Morgan fingerprint density at radius 3 is 2.86 bits per heavy atom. The zero-order valence-electron chi connectivity index (χ0n) is 24.9. The van der Waals surface area contributed by atoms with Gasteiger partial charge in [-0.25, -0.2) is 4.98 Å². The van der Waals surface area contributed by atoms with E-state index in [1.54, 1.807) is 18.3 Å². The van der Waals surface area contributed by atoms with E-state index in [4.69, 9.17) is 14.3 Å². The van der Waals surface area contributed by atoms with Crippen LogP contribution in [0.25, 0.3) is 17.3 Å². The molecule has 3 aromatic rings. The fourth-order valence-electron chi connectivity index (χ4n) is 9.95. The maximum atomic E-state index is 13.8. The van der Waals surface area contributed by atoms with E-state index in [0.29, 0.717) is 35.3 Å². The summed E-state index contributed by atoms with van der Waals surface area (Å²) in [6.07, 6.45) is 11.9. The van der Waals surface area contributed by atoms with Gasteiger partial charge < -0.3 is 19.4 Å². The lowest BCUT2D eigenvalue weighted by Gasteiger charge is -2.60. The second-order valence-corrected chi connectivity index (χ2v) is 15.0. The summed E-state index contributed by atoms with van der Waals surface area (Å²) in [5.74, 6) is 0.386. The van der Waals surface area contributed by atoms with Gasteiger partial charge in [0.05, 0.1) is 29.8 Å². The summed E-state index contributed by atoms with van der Waals surface area (Å²) >= 11 is 1.21. The molecule has 3 aromatic heterocycles. The van der Waals surface area contributed by atoms with Crippen molar-refractivity contribution in [2.75, 3.05) is 19.0 Å². The molecule has 5 aliphatic rings. The number of ketones is 1. The number of nitrogens with zero attached hydrogens (tertiary/aromatic N) is 4. The van der Waals surface area contributed by atoms with E-state index in [1.807, 2.05) is 6.20 Å². The van der Waals surface area contributed by atoms with Gasteiger partial charge in [0.1, 0.15) is 5.60 Å². The summed E-state index contributed by atoms with van der Waals surface area (Å²) in [5, 5.41) is 29.3. The van der Waals surface area contributed by atoms with Crippen LogP contribution in [0.15, 0.2) is 39.7 Å². The third-order valence-corrected chi connectivity index (χ3v) is 12.9. The highest BCUT2D eigenvalue weighted by molar-refractivity contribution is 7.99. The topological polar surface area (TPSA) is 124 Å². The number of ether oxygens (including phenoxy) is 1. The molecule has 228 valence electrons. The molecule has 7 atom stereocenters. The Hall–Kier alpha value is -2.53. The normalized spacial score (nSPS) is 37.3. The Labute approximate surface area is 255 Å². The monoisotopic (exact) mass is 604 g/mol. The molecule has 0 amide bonds. The van der Waals surface area contributed by atoms with Crippen molar-refractivity contribution in [3.05, 3.63) is 41.4 Å². The van der Waals surface area contributed by atoms with Crippen LogP contribution in [0.3, 0.4) is 0 Å². The fourth-order valence-corrected chi connectivity index (χ4v) is 10.7. The predicted octanol–water partition coefficient (Wildman–Crippen LogP) is 5.02. The number of hydrogen-bond acceptors (Lipinski definition) is 9. The van der Waals surface area contributed by atoms with Crippen molar-refractivity contribution in [1.82, 2.24) is 19.7 Å². The molecular weight excluding hydrogens is 564 g/mol. The number of rotatable bonds is 5. The highest BCUT2D eigenvalue weighted by Crippen LogP contribution is 2.67. The van der Waals surface area contributed by atoms with Crippen LogP contribution >= 0.6 is 11.8 Å². The number of carbonyl (C=O) groups is 1. The van der Waals surface area contributed by atoms with E-state index in [-0.39, 0.29) is 34.7 Å². The van der Waals surface area contributed by atoms with E-state index in [1.165, 1.54) is 28.6 Å². The molecule has 0 aromatic carbocycles. The standard InChI is InChI=1S/C33H40N4O5S/c1-31-15-19-17-35-37(21-8-12-41-13-9-21)24(19)14-20(31)5-6-22-23-7-10-33(40,32(23,2)16-25(38)28(22)31)27(39)18-43-30-36-29-26(42-30)4-3-11-34-29/h3-4,11,14,17,21-23,25,28,38,40H,5-10,12-13,15-16,18H2,1-2H3. The molecule has 3 saturated carbocycles. The Bertz CT molecular complexity index is 1580. The number of hydrogen-bond donors (Lipinski definition) is 2. The number of oxazole rings is 1. The number of aromatic nitrogens is 4. The molecule has 0 spiro atoms. The highest BCUT2D eigenvalue weighted by atomic mass is 32.2. The molecule has 4 aliphatic carbocycles. The second kappa shape index (κ2) is 9.99. The minimum atomic E-state index is -1.48. The van der Waals surface area contributed by atoms with Crippen molar-refractivity contribution in [1.29, 1.82) is 0 Å². The van der Waals surface area contributed by atoms with Crippen LogP contribution in [-0.2, 0) is 16.0 Å². The predicted molar refractivity (Wildman–Crippen MR) is 161 cm³/mol. The number of fused-ring (bicyclic) bond motifs is 7. The largest absolute Gasteiger partial charge is 0.430 e. The molecule has 43 heavy (non-hydrogen) atoms. The number of aliphatic hydroxyl groups excluding tert-OH is 1. The van der Waals surface area contributed by atoms with Gasteiger partial charge in [-0.15, -0.1) is 0 Å². The minimum absolute atomic E-state index is 0.0698. The Morgan fingerprint density at radius 1 is 1.21 bits per heavy atom. The number of pyridine rings is 1. The first-order chi connectivity index (χ1) is 20.7. The first kappa shape index (κ1) is 28.0. The number of Topliss-reactive ketones (excluding diaryl/α,β-unsaturated/α-hetero) is 1. The van der Waals surface area contributed by atoms with Crippen molar-refractivity contribution in [3.8, 4) is 0 Å². The lowest BCUT2D eigenvalue weighted by atomic mass is 9.45. The molecule has 1 saturated heterocycles. The van der Waals surface area contributed by atoms with Gasteiger partial charge in [-0.1, -0.05) is 31.2 Å². The third kappa shape index (κ3) is 4.09. The first-order valence-corrected chi connectivity index (χ1v) is 16.8. The molecule has 7 unspecified atom stereocenters. The summed E-state index contributed by atoms with van der Waals surface area (Å²) in [5.41, 5.74) is 2.69. The van der Waals surface area contributed by atoms with E-state index >= 15 is 0 Å². The van der Waals surface area contributed by atoms with Crippen molar-refractivity contribution in [2.24, 2.45) is 28.6 Å². The molecule has 1 aliphatic heterocycles. The second-order valence-electron chi connectivity index (χ2n) is 14.0. The average Bonchev–Trinajstić information content (AvgIpc) is 3.68. The first-order valence-electron chi connectivity index (χ1n) is 15.8. The quantitative estimate of drug-likeness (QED) is 0.387. The molecule has 4 fully saturated rings. The van der Waals surface area contributed by atoms with Gasteiger partial charge in [0.25, 0.3) is 5.22 Å². The maximum absolute atomic E-state index is 13.8. The molecule has 0 bridgehead atoms. The molecule has 9 nitrogen and oxygen atoms in total. The molecule has 4 heterocycles. The van der Waals surface area contributed by atoms with E-state index in [0.717, 1.165) is 51.7 Å². The summed E-state index contributed by atoms with van der Waals surface area (Å²) in [6, 6.07) is 3.96. The number of aliphatic hydroxyl groups is 2. The minimum Gasteiger partial charge on any atom is -0.430 e. The van der Waals surface area contributed by atoms with Gasteiger partial charge in [0, 0.05) is 24.8 Å². The summed E-state index contributed by atoms with van der Waals surface area (Å²) in [6.45, 7) is 5.96. The SMILES string of the molecule is CC12Cc3cnn(C4CCOCC4)c3C=C1CCC1C2C(O)CC2(C)C1CCC2(O)C(=O)CSc1nc2ncccc2o1. The van der Waals surface area contributed by atoms with Crippen LogP contribution in [0.5, 0.6) is 0 Å². The van der Waals surface area contributed by atoms with Gasteiger partial charge in [-0.3, -0.25) is 9.48 Å². The molecule has 10 heteroatoms. The zero-order chi connectivity index (χ0) is 29.6. The number of carbonyl (C=O) groups excluding carboxylic acids is 1. The van der Waals surface area contributed by atoms with E-state index < -0.39 is 17.1 Å². The third-order valence-electron chi connectivity index (χ3n) is 12.1. The molecule has 0 radical (unpaired) electrons. The molecule has 2 N–H and O–H groups in total.